The van der Waals surface area contributed by atoms with E-state index in [0.29, 0.717) is 6.61 Å². The summed E-state index contributed by atoms with van der Waals surface area (Å²) in [5.74, 6) is 0.248. The van der Waals surface area contributed by atoms with Crippen LogP contribution < -0.4 is 10.6 Å². The second-order valence-corrected chi connectivity index (χ2v) is 5.87. The molecule has 0 bridgehead atoms. The minimum Gasteiger partial charge on any atom is -0.508 e. The first-order valence-corrected chi connectivity index (χ1v) is 7.30. The number of piperidine rings is 1. The summed E-state index contributed by atoms with van der Waals surface area (Å²) in [6, 6.07) is 3.49. The summed E-state index contributed by atoms with van der Waals surface area (Å²) >= 11 is 0. The van der Waals surface area contributed by atoms with Crippen molar-refractivity contribution in [3.05, 3.63) is 23.3 Å². The van der Waals surface area contributed by atoms with Crippen molar-refractivity contribution in [2.24, 2.45) is 5.41 Å². The lowest BCUT2D eigenvalue weighted by Crippen LogP contribution is -2.47. The van der Waals surface area contributed by atoms with Gasteiger partial charge in [0.15, 0.2) is 0 Å². The fourth-order valence-corrected chi connectivity index (χ4v) is 2.81. The van der Waals surface area contributed by atoms with Crippen molar-refractivity contribution >= 4 is 11.6 Å². The van der Waals surface area contributed by atoms with Gasteiger partial charge in [0.1, 0.15) is 5.75 Å². The normalized spacial score (nSPS) is 17.5. The number of amides is 1. The number of aryl methyl sites for hydroxylation is 2. The topological polar surface area (TPSA) is 70.6 Å². The van der Waals surface area contributed by atoms with E-state index in [1.807, 2.05) is 19.9 Å². The minimum atomic E-state index is -0.474. The molecule has 3 N–H and O–H groups in total. The van der Waals surface area contributed by atoms with Gasteiger partial charge in [-0.15, -0.1) is 0 Å². The second-order valence-electron chi connectivity index (χ2n) is 5.87. The van der Waals surface area contributed by atoms with E-state index in [4.69, 9.17) is 4.74 Å². The van der Waals surface area contributed by atoms with Gasteiger partial charge in [0.2, 0.25) is 5.91 Å². The summed E-state index contributed by atoms with van der Waals surface area (Å²) in [6.07, 6.45) is 1.53. The van der Waals surface area contributed by atoms with Gasteiger partial charge in [-0.05, 0) is 63.0 Å². The van der Waals surface area contributed by atoms with Gasteiger partial charge in [-0.1, -0.05) is 0 Å². The van der Waals surface area contributed by atoms with Gasteiger partial charge in [0, 0.05) is 12.8 Å². The number of hydrogen-bond acceptors (Lipinski definition) is 4. The standard InChI is InChI=1S/C16H24N2O3/c1-11-9-14(19)12(2)8-13(11)18-15(20)16(10-21-3)4-6-17-7-5-16/h8-9,17,19H,4-7,10H2,1-3H3,(H,18,20). The fourth-order valence-electron chi connectivity index (χ4n) is 2.81. The molecule has 0 radical (unpaired) electrons. The molecule has 116 valence electrons. The van der Waals surface area contributed by atoms with E-state index in [-0.39, 0.29) is 11.7 Å². The van der Waals surface area contributed by atoms with Crippen LogP contribution in [0.1, 0.15) is 24.0 Å². The van der Waals surface area contributed by atoms with Crippen LogP contribution in [0.15, 0.2) is 12.1 Å². The third kappa shape index (κ3) is 3.36. The molecule has 0 atom stereocenters. The van der Waals surface area contributed by atoms with Crippen LogP contribution in [0.3, 0.4) is 0 Å². The van der Waals surface area contributed by atoms with Crippen LogP contribution in [0.4, 0.5) is 5.69 Å². The van der Waals surface area contributed by atoms with Crippen molar-refractivity contribution in [2.45, 2.75) is 26.7 Å². The van der Waals surface area contributed by atoms with Crippen LogP contribution >= 0.6 is 0 Å². The first-order chi connectivity index (χ1) is 9.98. The Kier molecular flexibility index (Phi) is 4.85. The van der Waals surface area contributed by atoms with Gasteiger partial charge in [-0.2, -0.15) is 0 Å². The molecule has 1 fully saturated rings. The maximum atomic E-state index is 12.7. The number of carbonyl (C=O) groups excluding carboxylic acids is 1. The molecule has 1 aromatic carbocycles. The van der Waals surface area contributed by atoms with Crippen LogP contribution in [0.25, 0.3) is 0 Å². The van der Waals surface area contributed by atoms with E-state index in [9.17, 15) is 9.90 Å². The number of nitrogens with one attached hydrogen (secondary N) is 2. The average molecular weight is 292 g/mol. The molecule has 1 aliphatic heterocycles. The Labute approximate surface area is 125 Å². The summed E-state index contributed by atoms with van der Waals surface area (Å²) in [7, 11) is 1.63. The first-order valence-electron chi connectivity index (χ1n) is 7.30. The summed E-state index contributed by atoms with van der Waals surface area (Å²) < 4.78 is 5.29. The first kappa shape index (κ1) is 15.8. The monoisotopic (exact) mass is 292 g/mol. The van der Waals surface area contributed by atoms with E-state index < -0.39 is 5.41 Å². The molecule has 0 unspecified atom stereocenters. The van der Waals surface area contributed by atoms with E-state index in [0.717, 1.165) is 42.7 Å². The van der Waals surface area contributed by atoms with Gasteiger partial charge in [-0.3, -0.25) is 4.79 Å². The van der Waals surface area contributed by atoms with Crippen molar-refractivity contribution in [3.63, 3.8) is 0 Å². The molecular weight excluding hydrogens is 268 g/mol. The molecule has 2 rings (SSSR count). The van der Waals surface area contributed by atoms with Crippen LogP contribution in [0, 0.1) is 19.3 Å². The number of benzene rings is 1. The van der Waals surface area contributed by atoms with Gasteiger partial charge in [0.05, 0.1) is 12.0 Å². The molecule has 5 heteroatoms. The Morgan fingerprint density at radius 2 is 2.00 bits per heavy atom. The zero-order valence-corrected chi connectivity index (χ0v) is 13.0. The number of rotatable bonds is 4. The molecule has 1 aliphatic rings. The predicted molar refractivity (Wildman–Crippen MR) is 82.6 cm³/mol. The maximum absolute atomic E-state index is 12.7. The van der Waals surface area contributed by atoms with Crippen molar-refractivity contribution < 1.29 is 14.6 Å². The molecule has 1 saturated heterocycles. The van der Waals surface area contributed by atoms with Gasteiger partial charge >= 0.3 is 0 Å². The number of ether oxygens (including phenoxy) is 1. The van der Waals surface area contributed by atoms with Gasteiger partial charge in [-0.25, -0.2) is 0 Å². The molecular formula is C16H24N2O3. The number of phenolic OH excluding ortho intramolecular Hbond substituents is 1. The zero-order chi connectivity index (χ0) is 15.5. The summed E-state index contributed by atoms with van der Waals surface area (Å²) in [4.78, 5) is 12.7. The number of phenols is 1. The van der Waals surface area contributed by atoms with Gasteiger partial charge < -0.3 is 20.5 Å². The SMILES string of the molecule is COCC1(C(=O)Nc2cc(C)c(O)cc2C)CCNCC1. The highest BCUT2D eigenvalue weighted by molar-refractivity contribution is 5.96. The highest BCUT2D eigenvalue weighted by atomic mass is 16.5. The lowest BCUT2D eigenvalue weighted by atomic mass is 9.78. The van der Waals surface area contributed by atoms with Crippen molar-refractivity contribution in [2.75, 3.05) is 32.1 Å². The van der Waals surface area contributed by atoms with Crippen LogP contribution in [0.5, 0.6) is 5.75 Å². The summed E-state index contributed by atoms with van der Waals surface area (Å²) in [6.45, 7) is 5.77. The minimum absolute atomic E-state index is 0.000889. The molecule has 1 heterocycles. The Hall–Kier alpha value is -1.59. The van der Waals surface area contributed by atoms with Crippen molar-refractivity contribution in [3.8, 4) is 5.75 Å². The maximum Gasteiger partial charge on any atom is 0.233 e. The number of aromatic hydroxyl groups is 1. The quantitative estimate of drug-likeness (QED) is 0.742. The highest BCUT2D eigenvalue weighted by Crippen LogP contribution is 2.32. The Morgan fingerprint density at radius 1 is 1.33 bits per heavy atom. The Morgan fingerprint density at radius 3 is 2.62 bits per heavy atom. The van der Waals surface area contributed by atoms with Crippen LogP contribution in [-0.2, 0) is 9.53 Å². The van der Waals surface area contributed by atoms with E-state index in [1.54, 1.807) is 13.2 Å². The average Bonchev–Trinajstić information content (AvgIpc) is 2.46. The number of anilines is 1. The molecule has 0 aliphatic carbocycles. The molecule has 0 aromatic heterocycles. The molecule has 0 saturated carbocycles. The van der Waals surface area contributed by atoms with E-state index in [2.05, 4.69) is 10.6 Å². The fraction of sp³-hybridized carbons (Fsp3) is 0.562. The smallest absolute Gasteiger partial charge is 0.233 e. The molecule has 21 heavy (non-hydrogen) atoms. The summed E-state index contributed by atoms with van der Waals surface area (Å²) in [5, 5.41) is 16.0. The zero-order valence-electron chi connectivity index (χ0n) is 13.0. The predicted octanol–water partition coefficient (Wildman–Crippen LogP) is 1.96. The summed E-state index contributed by atoms with van der Waals surface area (Å²) in [5.41, 5.74) is 1.89. The Bertz CT molecular complexity index is 517. The van der Waals surface area contributed by atoms with Crippen molar-refractivity contribution in [1.82, 2.24) is 5.32 Å². The largest absolute Gasteiger partial charge is 0.508 e. The molecule has 1 amide bonds. The molecule has 0 spiro atoms. The number of hydrogen-bond donors (Lipinski definition) is 3. The second kappa shape index (κ2) is 6.45. The van der Waals surface area contributed by atoms with Gasteiger partial charge in [0.25, 0.3) is 0 Å². The third-order valence-electron chi connectivity index (χ3n) is 4.25. The Balaban J connectivity index is 2.21. The third-order valence-corrected chi connectivity index (χ3v) is 4.25. The molecule has 5 nitrogen and oxygen atoms in total. The van der Waals surface area contributed by atoms with E-state index in [1.165, 1.54) is 0 Å². The number of carbonyl (C=O) groups is 1. The number of methoxy groups -OCH3 is 1. The lowest BCUT2D eigenvalue weighted by molar-refractivity contribution is -0.130. The molecule has 1 aromatic rings. The van der Waals surface area contributed by atoms with Crippen LogP contribution in [0.2, 0.25) is 0 Å². The van der Waals surface area contributed by atoms with Crippen LogP contribution in [-0.4, -0.2) is 37.8 Å². The lowest BCUT2D eigenvalue weighted by Gasteiger charge is -2.35. The van der Waals surface area contributed by atoms with Crippen molar-refractivity contribution in [1.29, 1.82) is 0 Å². The van der Waals surface area contributed by atoms with E-state index >= 15 is 0 Å². The highest BCUT2D eigenvalue weighted by Gasteiger charge is 2.39.